The molecule has 11 heteroatoms. The topological polar surface area (TPSA) is 155 Å². The highest BCUT2D eigenvalue weighted by molar-refractivity contribution is 7.92. The Morgan fingerprint density at radius 3 is 2.25 bits per heavy atom. The number of hydrogen-bond donors (Lipinski definition) is 3. The minimum Gasteiger partial charge on any atom is -0.507 e. The van der Waals surface area contributed by atoms with Crippen LogP contribution in [0, 0.1) is 0 Å². The number of carbonyl (C=O) groups is 1. The molecule has 0 aliphatic heterocycles. The first-order valence-corrected chi connectivity index (χ1v) is 7.82. The Morgan fingerprint density at radius 2 is 1.80 bits per heavy atom. The van der Waals surface area contributed by atoms with Gasteiger partial charge in [-0.25, -0.2) is 17.4 Å². The standard InChI is InChI=1S/C9H10O9S2/c1-5(18-20(15,16)17)19(13,14)6-2-3-8(10)7(4-6)9(11)12/h2-5,10H,1H3,(H,11,12)(H,15,16,17). The summed E-state index contributed by atoms with van der Waals surface area (Å²) >= 11 is 0. The quantitative estimate of drug-likeness (QED) is 0.635. The van der Waals surface area contributed by atoms with Crippen LogP contribution in [0.3, 0.4) is 0 Å². The molecule has 0 aliphatic carbocycles. The van der Waals surface area contributed by atoms with E-state index < -0.39 is 47.9 Å². The van der Waals surface area contributed by atoms with Crippen LogP contribution in [-0.4, -0.2) is 43.0 Å². The van der Waals surface area contributed by atoms with Gasteiger partial charge in [0.05, 0.1) is 4.90 Å². The maximum absolute atomic E-state index is 11.9. The molecule has 0 saturated carbocycles. The summed E-state index contributed by atoms with van der Waals surface area (Å²) in [6.07, 6.45) is 0. The normalized spacial score (nSPS) is 13.9. The predicted molar refractivity (Wildman–Crippen MR) is 64.3 cm³/mol. The third-order valence-electron chi connectivity index (χ3n) is 2.22. The van der Waals surface area contributed by atoms with Crippen molar-refractivity contribution in [2.45, 2.75) is 17.3 Å². The molecule has 1 atom stereocenters. The maximum atomic E-state index is 11.9. The smallest absolute Gasteiger partial charge is 0.398 e. The first-order valence-electron chi connectivity index (χ1n) is 4.91. The van der Waals surface area contributed by atoms with Crippen molar-refractivity contribution in [2.75, 3.05) is 0 Å². The van der Waals surface area contributed by atoms with Crippen molar-refractivity contribution in [2.24, 2.45) is 0 Å². The zero-order valence-electron chi connectivity index (χ0n) is 9.92. The molecule has 0 heterocycles. The fraction of sp³-hybridized carbons (Fsp3) is 0.222. The van der Waals surface area contributed by atoms with E-state index in [4.69, 9.17) is 9.66 Å². The van der Waals surface area contributed by atoms with Gasteiger partial charge in [-0.05, 0) is 25.1 Å². The van der Waals surface area contributed by atoms with E-state index in [1.54, 1.807) is 0 Å². The first kappa shape index (κ1) is 16.4. The largest absolute Gasteiger partial charge is 0.507 e. The highest BCUT2D eigenvalue weighted by atomic mass is 32.3. The lowest BCUT2D eigenvalue weighted by atomic mass is 10.2. The molecule has 20 heavy (non-hydrogen) atoms. The second-order valence-corrected chi connectivity index (χ2v) is 6.89. The lowest BCUT2D eigenvalue weighted by Gasteiger charge is -2.12. The van der Waals surface area contributed by atoms with Crippen LogP contribution in [-0.2, 0) is 24.4 Å². The van der Waals surface area contributed by atoms with Gasteiger partial charge in [-0.1, -0.05) is 0 Å². The molecule has 0 aromatic heterocycles. The summed E-state index contributed by atoms with van der Waals surface area (Å²) < 4.78 is 57.2. The summed E-state index contributed by atoms with van der Waals surface area (Å²) in [6, 6.07) is 2.36. The minimum atomic E-state index is -4.99. The molecule has 112 valence electrons. The van der Waals surface area contributed by atoms with E-state index in [1.807, 2.05) is 0 Å². The molecule has 1 rings (SSSR count). The second-order valence-electron chi connectivity index (χ2n) is 3.62. The van der Waals surface area contributed by atoms with Gasteiger partial charge in [0.15, 0.2) is 5.44 Å². The lowest BCUT2D eigenvalue weighted by Crippen LogP contribution is -2.24. The highest BCUT2D eigenvalue weighted by Crippen LogP contribution is 2.24. The number of rotatable bonds is 5. The average Bonchev–Trinajstić information content (AvgIpc) is 2.26. The summed E-state index contributed by atoms with van der Waals surface area (Å²) in [5.74, 6) is -2.22. The molecule has 0 bridgehead atoms. The Hall–Kier alpha value is -1.69. The Bertz CT molecular complexity index is 733. The SMILES string of the molecule is CC(OS(=O)(=O)O)S(=O)(=O)c1ccc(O)c(C(=O)O)c1. The Kier molecular flexibility index (Phi) is 4.39. The van der Waals surface area contributed by atoms with Gasteiger partial charge in [0.25, 0.3) is 0 Å². The van der Waals surface area contributed by atoms with E-state index >= 15 is 0 Å². The van der Waals surface area contributed by atoms with Crippen molar-refractivity contribution in [3.05, 3.63) is 23.8 Å². The average molecular weight is 326 g/mol. The second kappa shape index (κ2) is 5.36. The van der Waals surface area contributed by atoms with Crippen LogP contribution in [0.2, 0.25) is 0 Å². The van der Waals surface area contributed by atoms with E-state index in [2.05, 4.69) is 4.18 Å². The third kappa shape index (κ3) is 3.66. The number of sulfone groups is 1. The summed E-state index contributed by atoms with van der Waals surface area (Å²) in [4.78, 5) is 10.2. The fourth-order valence-electron chi connectivity index (χ4n) is 1.28. The van der Waals surface area contributed by atoms with Gasteiger partial charge >= 0.3 is 16.4 Å². The maximum Gasteiger partial charge on any atom is 0.398 e. The summed E-state index contributed by atoms with van der Waals surface area (Å²) in [6.45, 7) is 0.844. The van der Waals surface area contributed by atoms with Crippen LogP contribution in [0.15, 0.2) is 23.1 Å². The van der Waals surface area contributed by atoms with Crippen LogP contribution < -0.4 is 0 Å². The molecule has 9 nitrogen and oxygen atoms in total. The van der Waals surface area contributed by atoms with E-state index in [1.165, 1.54) is 0 Å². The van der Waals surface area contributed by atoms with Gasteiger partial charge in [0, 0.05) is 0 Å². The van der Waals surface area contributed by atoms with Gasteiger partial charge < -0.3 is 10.2 Å². The molecular formula is C9H10O9S2. The third-order valence-corrected chi connectivity index (χ3v) is 4.76. The van der Waals surface area contributed by atoms with E-state index in [-0.39, 0.29) is 0 Å². The molecule has 0 amide bonds. The zero-order chi connectivity index (χ0) is 15.7. The van der Waals surface area contributed by atoms with Crippen molar-refractivity contribution in [1.82, 2.24) is 0 Å². The Balaban J connectivity index is 3.29. The van der Waals surface area contributed by atoms with Crippen LogP contribution in [0.1, 0.15) is 17.3 Å². The number of aromatic hydroxyl groups is 1. The number of carboxylic acids is 1. The fourth-order valence-corrected chi connectivity index (χ4v) is 3.26. The number of phenols is 1. The van der Waals surface area contributed by atoms with Gasteiger partial charge in [0.2, 0.25) is 9.84 Å². The number of benzene rings is 1. The first-order chi connectivity index (χ1) is 8.95. The summed E-state index contributed by atoms with van der Waals surface area (Å²) in [7, 11) is -9.37. The van der Waals surface area contributed by atoms with Gasteiger partial charge in [-0.2, -0.15) is 8.42 Å². The van der Waals surface area contributed by atoms with E-state index in [0.717, 1.165) is 19.1 Å². The predicted octanol–water partition coefficient (Wildman–Crippen LogP) is 0.0295. The Morgan fingerprint density at radius 1 is 1.25 bits per heavy atom. The van der Waals surface area contributed by atoms with Crippen LogP contribution in [0.25, 0.3) is 0 Å². The van der Waals surface area contributed by atoms with E-state index in [9.17, 15) is 26.7 Å². The van der Waals surface area contributed by atoms with Crippen LogP contribution >= 0.6 is 0 Å². The molecule has 0 saturated heterocycles. The molecular weight excluding hydrogens is 316 g/mol. The van der Waals surface area contributed by atoms with Gasteiger partial charge in [0.1, 0.15) is 11.3 Å². The van der Waals surface area contributed by atoms with Crippen molar-refractivity contribution in [3.63, 3.8) is 0 Å². The van der Waals surface area contributed by atoms with Crippen molar-refractivity contribution >= 4 is 26.2 Å². The van der Waals surface area contributed by atoms with Gasteiger partial charge in [-0.15, -0.1) is 0 Å². The molecule has 0 radical (unpaired) electrons. The molecule has 1 aromatic rings. The summed E-state index contributed by atoms with van der Waals surface area (Å²) in [5.41, 5.74) is -2.64. The van der Waals surface area contributed by atoms with Crippen LogP contribution in [0.4, 0.5) is 0 Å². The number of hydrogen-bond acceptors (Lipinski definition) is 7. The van der Waals surface area contributed by atoms with Crippen molar-refractivity contribution in [3.8, 4) is 5.75 Å². The lowest BCUT2D eigenvalue weighted by molar-refractivity contribution is 0.0693. The number of carboxylic acid groups (broad SMARTS) is 1. The zero-order valence-corrected chi connectivity index (χ0v) is 11.6. The van der Waals surface area contributed by atoms with E-state index in [0.29, 0.717) is 6.07 Å². The number of aromatic carboxylic acids is 1. The molecule has 0 fully saturated rings. The van der Waals surface area contributed by atoms with Gasteiger partial charge in [-0.3, -0.25) is 4.55 Å². The monoisotopic (exact) mass is 326 g/mol. The van der Waals surface area contributed by atoms with Crippen molar-refractivity contribution in [1.29, 1.82) is 0 Å². The minimum absolute atomic E-state index is 0.580. The van der Waals surface area contributed by atoms with Crippen molar-refractivity contribution < 1.29 is 40.6 Å². The highest BCUT2D eigenvalue weighted by Gasteiger charge is 2.29. The molecule has 0 spiro atoms. The molecule has 0 aliphatic rings. The molecule has 1 aromatic carbocycles. The molecule has 1 unspecified atom stereocenters. The molecule has 3 N–H and O–H groups in total. The van der Waals surface area contributed by atoms with Crippen LogP contribution in [0.5, 0.6) is 5.75 Å². The summed E-state index contributed by atoms with van der Waals surface area (Å²) in [5, 5.41) is 18.0. The Labute approximate surface area is 114 Å².